The second kappa shape index (κ2) is 12.2. The zero-order valence-electron chi connectivity index (χ0n) is 20.0. The number of aromatic nitrogens is 4. The average molecular weight is 557 g/mol. The Morgan fingerprint density at radius 2 is 1.79 bits per heavy atom. The van der Waals surface area contributed by atoms with Crippen molar-refractivity contribution in [2.24, 2.45) is 0 Å². The Labute approximate surface area is 225 Å². The molecule has 200 valence electrons. The number of tetrazole rings is 1. The lowest BCUT2D eigenvalue weighted by atomic mass is 10.0. The third-order valence-electron chi connectivity index (χ3n) is 5.27. The summed E-state index contributed by atoms with van der Waals surface area (Å²) in [6.45, 7) is 0. The van der Waals surface area contributed by atoms with Gasteiger partial charge in [0.1, 0.15) is 18.1 Å². The van der Waals surface area contributed by atoms with Crippen LogP contribution in [-0.2, 0) is 16.0 Å². The van der Waals surface area contributed by atoms with E-state index < -0.39 is 30.0 Å². The quantitative estimate of drug-likeness (QED) is 0.292. The van der Waals surface area contributed by atoms with Gasteiger partial charge in [0, 0.05) is 28.8 Å². The fraction of sp³-hybridized carbons (Fsp3) is 0.115. The highest BCUT2D eigenvalue weighted by atomic mass is 35.5. The summed E-state index contributed by atoms with van der Waals surface area (Å²) in [5.41, 5.74) is 2.13. The van der Waals surface area contributed by atoms with Crippen LogP contribution in [0.4, 0.5) is 18.9 Å². The molecule has 0 fully saturated rings. The fourth-order valence-electron chi connectivity index (χ4n) is 3.55. The second-order valence-electron chi connectivity index (χ2n) is 8.10. The normalized spacial score (nSPS) is 12.2. The summed E-state index contributed by atoms with van der Waals surface area (Å²) in [7, 11) is 0. The van der Waals surface area contributed by atoms with E-state index in [1.165, 1.54) is 35.3 Å². The van der Waals surface area contributed by atoms with Crippen LogP contribution in [0.1, 0.15) is 11.1 Å². The summed E-state index contributed by atoms with van der Waals surface area (Å²) in [5, 5.41) is 16.8. The number of carbonyl (C=O) groups is 2. The number of anilines is 1. The first-order valence-electron chi connectivity index (χ1n) is 11.4. The third kappa shape index (κ3) is 8.14. The lowest BCUT2D eigenvalue weighted by Crippen LogP contribution is -2.44. The predicted molar refractivity (Wildman–Crippen MR) is 137 cm³/mol. The van der Waals surface area contributed by atoms with Crippen LogP contribution in [0.25, 0.3) is 11.8 Å². The standard InChI is InChI=1S/C26H20ClF3N6O3/c27-19-7-12-23(36-16-31-34-35-36)18(15-19)6-13-24(37)33-22(14-17-4-2-1-3-5-17)25(38)32-20-8-10-21(11-9-20)39-26(28,29)30/h1-13,15-16,22H,14H2,(H,32,38)(H,33,37). The number of amides is 2. The first-order valence-corrected chi connectivity index (χ1v) is 11.8. The minimum atomic E-state index is -4.83. The number of alkyl halides is 3. The molecule has 1 atom stereocenters. The molecule has 1 aromatic heterocycles. The van der Waals surface area contributed by atoms with Gasteiger partial charge in [-0.1, -0.05) is 41.9 Å². The number of carbonyl (C=O) groups excluding carboxylic acids is 2. The molecule has 1 heterocycles. The van der Waals surface area contributed by atoms with Crippen molar-refractivity contribution in [2.75, 3.05) is 5.32 Å². The molecule has 0 bridgehead atoms. The van der Waals surface area contributed by atoms with Crippen LogP contribution in [-0.4, -0.2) is 44.4 Å². The largest absolute Gasteiger partial charge is 0.573 e. The molecule has 3 aromatic carbocycles. The van der Waals surface area contributed by atoms with Crippen molar-refractivity contribution in [1.29, 1.82) is 0 Å². The van der Waals surface area contributed by atoms with E-state index in [-0.39, 0.29) is 12.1 Å². The summed E-state index contributed by atoms with van der Waals surface area (Å²) in [6, 6.07) is 17.6. The van der Waals surface area contributed by atoms with Gasteiger partial charge >= 0.3 is 6.36 Å². The Bertz CT molecular complexity index is 1450. The van der Waals surface area contributed by atoms with E-state index in [4.69, 9.17) is 11.6 Å². The van der Waals surface area contributed by atoms with E-state index in [2.05, 4.69) is 30.9 Å². The molecular weight excluding hydrogens is 537 g/mol. The Morgan fingerprint density at radius 3 is 2.46 bits per heavy atom. The van der Waals surface area contributed by atoms with Gasteiger partial charge in [0.15, 0.2) is 0 Å². The lowest BCUT2D eigenvalue weighted by Gasteiger charge is -2.18. The number of rotatable bonds is 9. The van der Waals surface area contributed by atoms with Crippen LogP contribution in [0.5, 0.6) is 5.75 Å². The molecule has 39 heavy (non-hydrogen) atoms. The minimum absolute atomic E-state index is 0.161. The molecule has 4 aromatic rings. The Hall–Kier alpha value is -4.71. The molecule has 0 aliphatic carbocycles. The van der Waals surface area contributed by atoms with Gasteiger partial charge in [0.2, 0.25) is 11.8 Å². The van der Waals surface area contributed by atoms with Gasteiger partial charge in [-0.3, -0.25) is 9.59 Å². The number of nitrogens with zero attached hydrogens (tertiary/aromatic N) is 4. The van der Waals surface area contributed by atoms with Gasteiger partial charge in [-0.25, -0.2) is 0 Å². The Balaban J connectivity index is 1.49. The van der Waals surface area contributed by atoms with Gasteiger partial charge in [-0.05, 0) is 64.5 Å². The van der Waals surface area contributed by atoms with Crippen LogP contribution in [0, 0.1) is 0 Å². The van der Waals surface area contributed by atoms with Crippen LogP contribution < -0.4 is 15.4 Å². The summed E-state index contributed by atoms with van der Waals surface area (Å²) in [6.07, 6.45) is -0.526. The molecule has 0 saturated heterocycles. The molecular formula is C26H20ClF3N6O3. The number of nitrogens with one attached hydrogen (secondary N) is 2. The minimum Gasteiger partial charge on any atom is -0.406 e. The zero-order valence-corrected chi connectivity index (χ0v) is 20.7. The Kier molecular flexibility index (Phi) is 8.56. The molecule has 2 amide bonds. The van der Waals surface area contributed by atoms with E-state index in [0.717, 1.165) is 17.7 Å². The van der Waals surface area contributed by atoms with Gasteiger partial charge in [-0.2, -0.15) is 4.68 Å². The summed E-state index contributed by atoms with van der Waals surface area (Å²) in [4.78, 5) is 25.9. The van der Waals surface area contributed by atoms with Gasteiger partial charge in [0.05, 0.1) is 5.69 Å². The average Bonchev–Trinajstić information content (AvgIpc) is 3.43. The maximum atomic E-state index is 13.1. The topological polar surface area (TPSA) is 111 Å². The number of benzene rings is 3. The summed E-state index contributed by atoms with van der Waals surface area (Å²) < 4.78 is 42.5. The first kappa shape index (κ1) is 27.3. The van der Waals surface area contributed by atoms with Crippen molar-refractivity contribution in [3.05, 3.63) is 101 Å². The maximum absolute atomic E-state index is 13.1. The highest BCUT2D eigenvalue weighted by Gasteiger charge is 2.31. The van der Waals surface area contributed by atoms with E-state index in [1.54, 1.807) is 42.5 Å². The second-order valence-corrected chi connectivity index (χ2v) is 8.54. The van der Waals surface area contributed by atoms with Crippen molar-refractivity contribution in [2.45, 2.75) is 18.8 Å². The molecule has 0 aliphatic rings. The van der Waals surface area contributed by atoms with Gasteiger partial charge in [-0.15, -0.1) is 18.3 Å². The van der Waals surface area contributed by atoms with Crippen molar-refractivity contribution >= 4 is 35.2 Å². The van der Waals surface area contributed by atoms with E-state index in [0.29, 0.717) is 16.3 Å². The van der Waals surface area contributed by atoms with E-state index in [9.17, 15) is 22.8 Å². The van der Waals surface area contributed by atoms with Gasteiger partial charge < -0.3 is 15.4 Å². The molecule has 0 spiro atoms. The van der Waals surface area contributed by atoms with Crippen molar-refractivity contribution in [3.63, 3.8) is 0 Å². The third-order valence-corrected chi connectivity index (χ3v) is 5.51. The number of ether oxygens (including phenoxy) is 1. The highest BCUT2D eigenvalue weighted by molar-refractivity contribution is 6.30. The molecule has 4 rings (SSSR count). The van der Waals surface area contributed by atoms with Crippen molar-refractivity contribution in [3.8, 4) is 11.4 Å². The smallest absolute Gasteiger partial charge is 0.406 e. The molecule has 0 saturated carbocycles. The number of hydrogen-bond acceptors (Lipinski definition) is 6. The molecule has 0 radical (unpaired) electrons. The van der Waals surface area contributed by atoms with Gasteiger partial charge in [0.25, 0.3) is 0 Å². The highest BCUT2D eigenvalue weighted by Crippen LogP contribution is 2.24. The number of hydrogen-bond donors (Lipinski definition) is 2. The molecule has 13 heteroatoms. The van der Waals surface area contributed by atoms with E-state index in [1.807, 2.05) is 6.07 Å². The monoisotopic (exact) mass is 556 g/mol. The van der Waals surface area contributed by atoms with Crippen LogP contribution in [0.3, 0.4) is 0 Å². The molecule has 0 aliphatic heterocycles. The number of halogens is 4. The van der Waals surface area contributed by atoms with Crippen LogP contribution in [0.15, 0.2) is 85.2 Å². The maximum Gasteiger partial charge on any atom is 0.573 e. The summed E-state index contributed by atoms with van der Waals surface area (Å²) >= 11 is 6.12. The summed E-state index contributed by atoms with van der Waals surface area (Å²) in [5.74, 6) is -1.56. The molecule has 1 unspecified atom stereocenters. The zero-order chi connectivity index (χ0) is 27.8. The fourth-order valence-corrected chi connectivity index (χ4v) is 3.73. The van der Waals surface area contributed by atoms with Crippen LogP contribution >= 0.6 is 11.6 Å². The lowest BCUT2D eigenvalue weighted by molar-refractivity contribution is -0.274. The molecule has 2 N–H and O–H groups in total. The predicted octanol–water partition coefficient (Wildman–Crippen LogP) is 4.59. The first-order chi connectivity index (χ1) is 18.7. The molecule has 9 nitrogen and oxygen atoms in total. The van der Waals surface area contributed by atoms with Crippen LogP contribution in [0.2, 0.25) is 5.02 Å². The van der Waals surface area contributed by atoms with E-state index >= 15 is 0 Å². The Morgan fingerprint density at radius 1 is 1.05 bits per heavy atom. The van der Waals surface area contributed by atoms with Crippen molar-refractivity contribution in [1.82, 2.24) is 25.5 Å². The SMILES string of the molecule is O=C(C=Cc1cc(Cl)ccc1-n1cnnn1)NC(Cc1ccccc1)C(=O)Nc1ccc(OC(F)(F)F)cc1. The van der Waals surface area contributed by atoms with Crippen molar-refractivity contribution < 1.29 is 27.5 Å².